The van der Waals surface area contributed by atoms with Gasteiger partial charge in [-0.1, -0.05) is 31.0 Å². The van der Waals surface area contributed by atoms with Crippen molar-refractivity contribution in [2.24, 2.45) is 0 Å². The molecule has 1 aliphatic rings. The van der Waals surface area contributed by atoms with Gasteiger partial charge in [0.2, 0.25) is 0 Å². The molecule has 3 rings (SSSR count). The highest BCUT2D eigenvalue weighted by Gasteiger charge is 2.25. The Bertz CT molecular complexity index is 931. The highest BCUT2D eigenvalue weighted by Crippen LogP contribution is 2.29. The minimum Gasteiger partial charge on any atom is -0.372 e. The van der Waals surface area contributed by atoms with Gasteiger partial charge in [-0.05, 0) is 31.0 Å². The first-order valence-corrected chi connectivity index (χ1v) is 9.79. The van der Waals surface area contributed by atoms with E-state index in [9.17, 15) is 19.7 Å². The van der Waals surface area contributed by atoms with E-state index >= 15 is 0 Å². The smallest absolute Gasteiger partial charge is 0.293 e. The number of carbonyl (C=O) groups is 2. The number of nitro benzene ring substituents is 1. The number of nitro groups is 1. The van der Waals surface area contributed by atoms with Crippen molar-refractivity contribution in [1.82, 2.24) is 4.90 Å². The Morgan fingerprint density at radius 2 is 1.59 bits per heavy atom. The first kappa shape index (κ1) is 20.5. The summed E-state index contributed by atoms with van der Waals surface area (Å²) in [7, 11) is 3.41. The topological polar surface area (TPSA) is 83.8 Å². The summed E-state index contributed by atoms with van der Waals surface area (Å²) in [6, 6.07) is 11.1. The Labute approximate surface area is 170 Å². The number of hydrogen-bond acceptors (Lipinski definition) is 5. The van der Waals surface area contributed by atoms with Crippen molar-refractivity contribution in [3.63, 3.8) is 0 Å². The van der Waals surface area contributed by atoms with Gasteiger partial charge in [0.25, 0.3) is 11.6 Å². The molecule has 2 aromatic carbocycles. The Morgan fingerprint density at radius 1 is 0.966 bits per heavy atom. The minimum atomic E-state index is -0.500. The van der Waals surface area contributed by atoms with Gasteiger partial charge in [-0.2, -0.15) is 0 Å². The van der Waals surface area contributed by atoms with Gasteiger partial charge in [0, 0.05) is 44.4 Å². The Kier molecular flexibility index (Phi) is 6.26. The van der Waals surface area contributed by atoms with Crippen LogP contribution in [0.25, 0.3) is 0 Å². The molecule has 0 bridgehead atoms. The summed E-state index contributed by atoms with van der Waals surface area (Å²) in [6.07, 6.45) is 4.12. The second-order valence-electron chi connectivity index (χ2n) is 7.44. The van der Waals surface area contributed by atoms with Gasteiger partial charge in [0.15, 0.2) is 5.78 Å². The maximum absolute atomic E-state index is 13.2. The zero-order valence-corrected chi connectivity index (χ0v) is 16.8. The van der Waals surface area contributed by atoms with Crippen LogP contribution < -0.4 is 4.90 Å². The Morgan fingerprint density at radius 3 is 2.17 bits per heavy atom. The van der Waals surface area contributed by atoms with E-state index in [4.69, 9.17) is 0 Å². The molecule has 0 atom stereocenters. The average Bonchev–Trinajstić information content (AvgIpc) is 3.01. The lowest BCUT2D eigenvalue weighted by Gasteiger charge is -2.21. The second-order valence-corrected chi connectivity index (χ2v) is 7.44. The fraction of sp³-hybridized carbons (Fsp3) is 0.364. The third-order valence-corrected chi connectivity index (χ3v) is 5.21. The molecule has 29 heavy (non-hydrogen) atoms. The standard InChI is InChI=1S/C22H25N3O4/c1-23(2)19-12-11-16(15-20(19)25(28)29)21(26)17-9-5-6-10-18(17)22(27)24-13-7-3-4-8-14-24/h5-6,9-12,15H,3-4,7-8,13-14H2,1-2H3. The van der Waals surface area contributed by atoms with E-state index in [0.29, 0.717) is 24.3 Å². The van der Waals surface area contributed by atoms with Crippen LogP contribution in [0.3, 0.4) is 0 Å². The fourth-order valence-corrected chi connectivity index (χ4v) is 3.66. The molecule has 1 fully saturated rings. The molecule has 0 spiro atoms. The molecule has 1 amide bonds. The lowest BCUT2D eigenvalue weighted by atomic mass is 9.96. The van der Waals surface area contributed by atoms with Crippen molar-refractivity contribution in [3.05, 3.63) is 69.3 Å². The monoisotopic (exact) mass is 395 g/mol. The highest BCUT2D eigenvalue weighted by atomic mass is 16.6. The molecule has 0 saturated carbocycles. The van der Waals surface area contributed by atoms with E-state index in [-0.39, 0.29) is 22.7 Å². The van der Waals surface area contributed by atoms with Crippen LogP contribution in [0.15, 0.2) is 42.5 Å². The van der Waals surface area contributed by atoms with Crippen LogP contribution in [-0.4, -0.2) is 48.7 Å². The Balaban J connectivity index is 1.97. The van der Waals surface area contributed by atoms with Gasteiger partial charge in [0.05, 0.1) is 10.5 Å². The summed E-state index contributed by atoms with van der Waals surface area (Å²) in [6.45, 7) is 1.37. The van der Waals surface area contributed by atoms with E-state index in [1.807, 2.05) is 0 Å². The van der Waals surface area contributed by atoms with Crippen LogP contribution in [0.2, 0.25) is 0 Å². The number of rotatable bonds is 5. The molecule has 0 aromatic heterocycles. The van der Waals surface area contributed by atoms with Crippen molar-refractivity contribution in [2.75, 3.05) is 32.1 Å². The van der Waals surface area contributed by atoms with Crippen LogP contribution in [0.1, 0.15) is 52.0 Å². The number of hydrogen-bond donors (Lipinski definition) is 0. The first-order chi connectivity index (χ1) is 13.9. The third-order valence-electron chi connectivity index (χ3n) is 5.21. The number of amides is 1. The molecule has 0 unspecified atom stereocenters. The van der Waals surface area contributed by atoms with Gasteiger partial charge in [-0.25, -0.2) is 0 Å². The Hall–Kier alpha value is -3.22. The molecule has 7 nitrogen and oxygen atoms in total. The minimum absolute atomic E-state index is 0.142. The zero-order chi connectivity index (χ0) is 21.0. The lowest BCUT2D eigenvalue weighted by molar-refractivity contribution is -0.384. The van der Waals surface area contributed by atoms with E-state index in [2.05, 4.69) is 0 Å². The van der Waals surface area contributed by atoms with Crippen LogP contribution in [0.5, 0.6) is 0 Å². The zero-order valence-electron chi connectivity index (χ0n) is 16.8. The summed E-state index contributed by atoms with van der Waals surface area (Å²) in [5.41, 5.74) is 1.09. The van der Waals surface area contributed by atoms with E-state index in [1.165, 1.54) is 6.07 Å². The summed E-state index contributed by atoms with van der Waals surface area (Å²) < 4.78 is 0. The van der Waals surface area contributed by atoms with Crippen molar-refractivity contribution >= 4 is 23.1 Å². The number of benzene rings is 2. The lowest BCUT2D eigenvalue weighted by Crippen LogP contribution is -2.33. The predicted molar refractivity (Wildman–Crippen MR) is 112 cm³/mol. The number of anilines is 1. The molecule has 1 aliphatic heterocycles. The fourth-order valence-electron chi connectivity index (χ4n) is 3.66. The summed E-state index contributed by atoms with van der Waals surface area (Å²) in [5.74, 6) is -0.549. The van der Waals surface area contributed by atoms with Crippen LogP contribution in [0, 0.1) is 10.1 Å². The van der Waals surface area contributed by atoms with Crippen molar-refractivity contribution in [3.8, 4) is 0 Å². The predicted octanol–water partition coefficient (Wildman–Crippen LogP) is 3.91. The molecular formula is C22H25N3O4. The second kappa shape index (κ2) is 8.86. The summed E-state index contributed by atoms with van der Waals surface area (Å²) in [4.78, 5) is 40.6. The van der Waals surface area contributed by atoms with Crippen molar-refractivity contribution in [2.45, 2.75) is 25.7 Å². The normalized spacial score (nSPS) is 14.2. The maximum Gasteiger partial charge on any atom is 0.293 e. The number of nitrogens with zero attached hydrogens (tertiary/aromatic N) is 3. The van der Waals surface area contributed by atoms with Crippen molar-refractivity contribution < 1.29 is 14.5 Å². The molecule has 7 heteroatoms. The summed E-state index contributed by atoms with van der Waals surface area (Å²) in [5, 5.41) is 11.5. The number of likely N-dealkylation sites (tertiary alicyclic amines) is 1. The SMILES string of the molecule is CN(C)c1ccc(C(=O)c2ccccc2C(=O)N2CCCCCC2)cc1[N+](=O)[O-]. The van der Waals surface area contributed by atoms with E-state index in [0.717, 1.165) is 25.7 Å². The van der Waals surface area contributed by atoms with Crippen LogP contribution in [0.4, 0.5) is 11.4 Å². The quantitative estimate of drug-likeness (QED) is 0.435. The summed E-state index contributed by atoms with van der Waals surface area (Å²) >= 11 is 0. The molecular weight excluding hydrogens is 370 g/mol. The van der Waals surface area contributed by atoms with Gasteiger partial charge < -0.3 is 9.80 Å². The van der Waals surface area contributed by atoms with Crippen LogP contribution >= 0.6 is 0 Å². The molecule has 1 heterocycles. The average molecular weight is 395 g/mol. The van der Waals surface area contributed by atoms with Gasteiger partial charge in [0.1, 0.15) is 5.69 Å². The molecule has 0 radical (unpaired) electrons. The van der Waals surface area contributed by atoms with E-state index in [1.54, 1.807) is 60.3 Å². The van der Waals surface area contributed by atoms with Gasteiger partial charge in [-0.3, -0.25) is 19.7 Å². The number of carbonyl (C=O) groups excluding carboxylic acids is 2. The van der Waals surface area contributed by atoms with Gasteiger partial charge >= 0.3 is 0 Å². The van der Waals surface area contributed by atoms with Crippen LogP contribution in [-0.2, 0) is 0 Å². The molecule has 0 N–H and O–H groups in total. The maximum atomic E-state index is 13.2. The molecule has 2 aromatic rings. The molecule has 0 aliphatic carbocycles. The third kappa shape index (κ3) is 4.45. The van der Waals surface area contributed by atoms with Crippen molar-refractivity contribution in [1.29, 1.82) is 0 Å². The first-order valence-electron chi connectivity index (χ1n) is 9.79. The van der Waals surface area contributed by atoms with E-state index < -0.39 is 10.7 Å². The largest absolute Gasteiger partial charge is 0.372 e. The highest BCUT2D eigenvalue weighted by molar-refractivity contribution is 6.15. The number of ketones is 1. The van der Waals surface area contributed by atoms with Gasteiger partial charge in [-0.15, -0.1) is 0 Å². The molecule has 152 valence electrons. The molecule has 1 saturated heterocycles.